The van der Waals surface area contributed by atoms with Crippen molar-refractivity contribution in [3.05, 3.63) is 68.2 Å². The Balaban J connectivity index is 1.91. The number of benzene rings is 2. The van der Waals surface area contributed by atoms with Gasteiger partial charge in [0.2, 0.25) is 0 Å². The van der Waals surface area contributed by atoms with Gasteiger partial charge in [-0.2, -0.15) is 0 Å². The van der Waals surface area contributed by atoms with E-state index in [0.717, 1.165) is 16.5 Å². The molecule has 7 heteroatoms. The standard InChI is InChI=1S/C19H17BrN2O4/c1-26-16-8-6-14(22(24)25)17-11-3-2-4-12(11)18(21-19(16)17)13-9-10(20)5-7-15(13)23/h2-3,5-9,11-12,18,21,23H,4H2,1H3. The van der Waals surface area contributed by atoms with Crippen molar-refractivity contribution in [2.45, 2.75) is 18.4 Å². The number of fused-ring (bicyclic) bond motifs is 3. The van der Waals surface area contributed by atoms with E-state index >= 15 is 0 Å². The predicted octanol–water partition coefficient (Wildman–Crippen LogP) is 4.90. The molecular weight excluding hydrogens is 400 g/mol. The van der Waals surface area contributed by atoms with Crippen LogP contribution in [0.25, 0.3) is 0 Å². The molecule has 0 bridgehead atoms. The molecule has 1 heterocycles. The van der Waals surface area contributed by atoms with Gasteiger partial charge in [0, 0.05) is 22.0 Å². The van der Waals surface area contributed by atoms with Crippen LogP contribution in [0, 0.1) is 16.0 Å². The van der Waals surface area contributed by atoms with Crippen LogP contribution in [-0.2, 0) is 0 Å². The van der Waals surface area contributed by atoms with E-state index in [9.17, 15) is 15.2 Å². The van der Waals surface area contributed by atoms with Crippen LogP contribution in [0.2, 0.25) is 0 Å². The van der Waals surface area contributed by atoms with E-state index in [0.29, 0.717) is 17.0 Å². The number of nitro groups is 1. The highest BCUT2D eigenvalue weighted by Gasteiger charge is 2.43. The van der Waals surface area contributed by atoms with Crippen molar-refractivity contribution in [3.8, 4) is 11.5 Å². The number of hydrogen-bond acceptors (Lipinski definition) is 5. The second kappa shape index (κ2) is 6.32. The first-order chi connectivity index (χ1) is 12.5. The number of methoxy groups -OCH3 is 1. The molecule has 2 aromatic carbocycles. The molecule has 6 nitrogen and oxygen atoms in total. The molecule has 0 fully saturated rings. The van der Waals surface area contributed by atoms with Gasteiger partial charge in [0.1, 0.15) is 11.5 Å². The van der Waals surface area contributed by atoms with Gasteiger partial charge in [0.15, 0.2) is 0 Å². The number of hydrogen-bond donors (Lipinski definition) is 2. The molecule has 2 aromatic rings. The van der Waals surface area contributed by atoms with E-state index < -0.39 is 0 Å². The average Bonchev–Trinajstić information content (AvgIpc) is 3.11. The van der Waals surface area contributed by atoms with Crippen molar-refractivity contribution >= 4 is 27.3 Å². The highest BCUT2D eigenvalue weighted by Crippen LogP contribution is 2.55. The van der Waals surface area contributed by atoms with Crippen molar-refractivity contribution in [2.24, 2.45) is 5.92 Å². The zero-order chi connectivity index (χ0) is 18.4. The molecule has 0 aromatic heterocycles. The lowest BCUT2D eigenvalue weighted by Crippen LogP contribution is -2.30. The topological polar surface area (TPSA) is 84.6 Å². The second-order valence-corrected chi connectivity index (χ2v) is 7.43. The van der Waals surface area contributed by atoms with E-state index in [1.165, 1.54) is 6.07 Å². The van der Waals surface area contributed by atoms with E-state index in [1.807, 2.05) is 12.1 Å². The number of phenols is 1. The van der Waals surface area contributed by atoms with Gasteiger partial charge in [-0.3, -0.25) is 10.1 Å². The maximum atomic E-state index is 11.6. The molecule has 3 unspecified atom stereocenters. The molecule has 26 heavy (non-hydrogen) atoms. The molecule has 2 N–H and O–H groups in total. The molecule has 3 atom stereocenters. The summed E-state index contributed by atoms with van der Waals surface area (Å²) < 4.78 is 6.32. The Kier molecular flexibility index (Phi) is 4.11. The fourth-order valence-electron chi connectivity index (χ4n) is 4.07. The maximum absolute atomic E-state index is 11.6. The van der Waals surface area contributed by atoms with E-state index in [2.05, 4.69) is 27.3 Å². The number of ether oxygens (including phenoxy) is 1. The molecule has 0 spiro atoms. The smallest absolute Gasteiger partial charge is 0.275 e. The van der Waals surface area contributed by atoms with Crippen molar-refractivity contribution in [1.82, 2.24) is 0 Å². The summed E-state index contributed by atoms with van der Waals surface area (Å²) in [6.07, 6.45) is 4.86. The van der Waals surface area contributed by atoms with Crippen LogP contribution in [0.15, 0.2) is 47.0 Å². The van der Waals surface area contributed by atoms with Gasteiger partial charge in [-0.1, -0.05) is 28.1 Å². The summed E-state index contributed by atoms with van der Waals surface area (Å²) in [6, 6.07) is 8.25. The van der Waals surface area contributed by atoms with Gasteiger partial charge in [-0.15, -0.1) is 0 Å². The number of nitro benzene ring substituents is 1. The zero-order valence-electron chi connectivity index (χ0n) is 14.0. The van der Waals surface area contributed by atoms with Gasteiger partial charge in [-0.25, -0.2) is 0 Å². The minimum absolute atomic E-state index is 0.0773. The Morgan fingerprint density at radius 3 is 2.88 bits per heavy atom. The number of rotatable bonds is 3. The minimum Gasteiger partial charge on any atom is -0.508 e. The average molecular weight is 417 g/mol. The minimum atomic E-state index is -0.347. The third kappa shape index (κ3) is 2.54. The Morgan fingerprint density at radius 2 is 2.15 bits per heavy atom. The summed E-state index contributed by atoms with van der Waals surface area (Å²) in [5, 5.41) is 25.4. The summed E-state index contributed by atoms with van der Waals surface area (Å²) in [6.45, 7) is 0. The Hall–Kier alpha value is -2.54. The molecule has 0 saturated carbocycles. The quantitative estimate of drug-likeness (QED) is 0.422. The van der Waals surface area contributed by atoms with Gasteiger partial charge in [0.05, 0.1) is 29.3 Å². The van der Waals surface area contributed by atoms with Crippen LogP contribution >= 0.6 is 15.9 Å². The fraction of sp³-hybridized carbons (Fsp3) is 0.263. The predicted molar refractivity (Wildman–Crippen MR) is 102 cm³/mol. The van der Waals surface area contributed by atoms with Gasteiger partial charge in [-0.05, 0) is 36.6 Å². The molecule has 4 rings (SSSR count). The summed E-state index contributed by atoms with van der Waals surface area (Å²) in [7, 11) is 1.55. The maximum Gasteiger partial charge on any atom is 0.275 e. The van der Waals surface area contributed by atoms with Crippen LogP contribution in [0.5, 0.6) is 11.5 Å². The monoisotopic (exact) mass is 416 g/mol. The summed E-state index contributed by atoms with van der Waals surface area (Å²) >= 11 is 3.46. The molecular formula is C19H17BrN2O4. The SMILES string of the molecule is COc1ccc([N+](=O)[O-])c2c1NC(c1cc(Br)ccc1O)C1CC=CC21. The Bertz CT molecular complexity index is 928. The van der Waals surface area contributed by atoms with Gasteiger partial charge in [0.25, 0.3) is 5.69 Å². The van der Waals surface area contributed by atoms with Crippen LogP contribution in [0.4, 0.5) is 11.4 Å². The van der Waals surface area contributed by atoms with Crippen molar-refractivity contribution in [3.63, 3.8) is 0 Å². The summed E-state index contributed by atoms with van der Waals surface area (Å²) in [5.74, 6) is 0.728. The fourth-order valence-corrected chi connectivity index (χ4v) is 4.45. The molecule has 0 amide bonds. The number of halogens is 1. The Labute approximate surface area is 158 Å². The molecule has 1 aliphatic heterocycles. The molecule has 0 radical (unpaired) electrons. The summed E-state index contributed by atoms with van der Waals surface area (Å²) in [4.78, 5) is 11.2. The number of phenolic OH excluding ortho intramolecular Hbond substituents is 1. The number of nitrogens with one attached hydrogen (secondary N) is 1. The van der Waals surface area contributed by atoms with E-state index in [1.54, 1.807) is 25.3 Å². The van der Waals surface area contributed by atoms with Crippen molar-refractivity contribution in [2.75, 3.05) is 12.4 Å². The highest BCUT2D eigenvalue weighted by molar-refractivity contribution is 9.10. The lowest BCUT2D eigenvalue weighted by Gasteiger charge is -2.37. The third-order valence-corrected chi connectivity index (χ3v) is 5.69. The second-order valence-electron chi connectivity index (χ2n) is 6.51. The first kappa shape index (κ1) is 16.9. The van der Waals surface area contributed by atoms with Gasteiger partial charge < -0.3 is 15.2 Å². The normalized spacial score (nSPS) is 23.1. The summed E-state index contributed by atoms with van der Waals surface area (Å²) in [5.41, 5.74) is 2.13. The third-order valence-electron chi connectivity index (χ3n) is 5.20. The van der Waals surface area contributed by atoms with Crippen molar-refractivity contribution < 1.29 is 14.8 Å². The zero-order valence-corrected chi connectivity index (χ0v) is 15.6. The van der Waals surface area contributed by atoms with Gasteiger partial charge >= 0.3 is 0 Å². The molecule has 0 saturated heterocycles. The number of aromatic hydroxyl groups is 1. The highest BCUT2D eigenvalue weighted by atomic mass is 79.9. The van der Waals surface area contributed by atoms with Crippen molar-refractivity contribution in [1.29, 1.82) is 0 Å². The van der Waals surface area contributed by atoms with Crippen LogP contribution in [0.1, 0.15) is 29.5 Å². The Morgan fingerprint density at radius 1 is 1.35 bits per heavy atom. The van der Waals surface area contributed by atoms with Crippen LogP contribution < -0.4 is 10.1 Å². The largest absolute Gasteiger partial charge is 0.508 e. The number of anilines is 1. The lowest BCUT2D eigenvalue weighted by atomic mass is 9.76. The molecule has 1 aliphatic carbocycles. The first-order valence-electron chi connectivity index (χ1n) is 8.28. The van der Waals surface area contributed by atoms with E-state index in [4.69, 9.17) is 4.74 Å². The first-order valence-corrected chi connectivity index (χ1v) is 9.07. The van der Waals surface area contributed by atoms with E-state index in [-0.39, 0.29) is 34.2 Å². The van der Waals surface area contributed by atoms with Crippen LogP contribution in [0.3, 0.4) is 0 Å². The lowest BCUT2D eigenvalue weighted by molar-refractivity contribution is -0.385. The number of allylic oxidation sites excluding steroid dienone is 2. The molecule has 2 aliphatic rings. The molecule has 134 valence electrons. The van der Waals surface area contributed by atoms with Crippen LogP contribution in [-0.4, -0.2) is 17.1 Å². The number of nitrogens with zero attached hydrogens (tertiary/aromatic N) is 1.